The third-order valence-electron chi connectivity index (χ3n) is 3.24. The van der Waals surface area contributed by atoms with Crippen molar-refractivity contribution < 1.29 is 36.5 Å². The fourth-order valence-corrected chi connectivity index (χ4v) is 2.74. The van der Waals surface area contributed by atoms with Gasteiger partial charge in [-0.1, -0.05) is 17.7 Å². The van der Waals surface area contributed by atoms with Crippen LogP contribution in [0.15, 0.2) is 29.2 Å². The summed E-state index contributed by atoms with van der Waals surface area (Å²) in [5.74, 6) is -2.17. The molecule has 1 aromatic rings. The minimum Gasteiger partial charge on any atom is -0.464 e. The molecule has 10 heteroatoms. The molecule has 0 aliphatic rings. The Morgan fingerprint density at radius 3 is 1.96 bits per heavy atom. The van der Waals surface area contributed by atoms with Gasteiger partial charge in [0.2, 0.25) is 0 Å². The number of nitrogens with one attached hydrogen (secondary N) is 1. The zero-order valence-electron chi connectivity index (χ0n) is 15.1. The van der Waals surface area contributed by atoms with E-state index in [1.54, 1.807) is 19.1 Å². The van der Waals surface area contributed by atoms with Crippen LogP contribution in [-0.2, 0) is 38.2 Å². The van der Waals surface area contributed by atoms with Gasteiger partial charge in [-0.25, -0.2) is 9.59 Å². The quantitative estimate of drug-likeness (QED) is 0.351. The summed E-state index contributed by atoms with van der Waals surface area (Å²) in [6.45, 7) is 4.20. The maximum Gasteiger partial charge on any atom is 0.342 e. The Hall–Kier alpha value is -2.01. The molecule has 0 radical (unpaired) electrons. The second-order valence-corrected chi connectivity index (χ2v) is 6.78. The number of hydrogen-bond donors (Lipinski definition) is 1. The Morgan fingerprint density at radius 1 is 1.04 bits per heavy atom. The predicted octanol–water partition coefficient (Wildman–Crippen LogP) is 0.716. The van der Waals surface area contributed by atoms with Gasteiger partial charge < -0.3 is 14.2 Å². The van der Waals surface area contributed by atoms with Crippen molar-refractivity contribution in [2.45, 2.75) is 31.2 Å². The highest BCUT2D eigenvalue weighted by molar-refractivity contribution is 7.86. The van der Waals surface area contributed by atoms with E-state index in [4.69, 9.17) is 18.5 Å². The lowest BCUT2D eigenvalue weighted by molar-refractivity contribution is -0.175. The van der Waals surface area contributed by atoms with Gasteiger partial charge in [0.1, 0.15) is 0 Å². The molecule has 9 nitrogen and oxygen atoms in total. The van der Waals surface area contributed by atoms with E-state index >= 15 is 0 Å². The maximum absolute atomic E-state index is 12.3. The number of hydroxylamine groups is 1. The van der Waals surface area contributed by atoms with Crippen LogP contribution in [0.25, 0.3) is 0 Å². The van der Waals surface area contributed by atoms with Crippen LogP contribution in [0, 0.1) is 6.92 Å². The second kappa shape index (κ2) is 9.62. The van der Waals surface area contributed by atoms with E-state index < -0.39 is 34.2 Å². The first-order valence-corrected chi connectivity index (χ1v) is 9.25. The highest BCUT2D eigenvalue weighted by Gasteiger charge is 2.51. The first-order valence-electron chi connectivity index (χ1n) is 7.84. The summed E-state index contributed by atoms with van der Waals surface area (Å²) in [7, 11) is -3.08. The molecule has 0 heterocycles. The van der Waals surface area contributed by atoms with Gasteiger partial charge in [0.15, 0.2) is 0 Å². The number of carbonyl (C=O) groups excluding carboxylic acids is 2. The lowest BCUT2D eigenvalue weighted by Crippen LogP contribution is -2.62. The largest absolute Gasteiger partial charge is 0.464 e. The van der Waals surface area contributed by atoms with Gasteiger partial charge >= 0.3 is 22.1 Å². The Morgan fingerprint density at radius 2 is 1.54 bits per heavy atom. The molecule has 0 aliphatic carbocycles. The van der Waals surface area contributed by atoms with Crippen molar-refractivity contribution in [3.05, 3.63) is 29.8 Å². The zero-order chi connectivity index (χ0) is 19.8. The number of methoxy groups -OCH3 is 1. The summed E-state index contributed by atoms with van der Waals surface area (Å²) >= 11 is 0. The molecule has 1 N–H and O–H groups in total. The number of rotatable bonds is 10. The zero-order valence-corrected chi connectivity index (χ0v) is 15.9. The van der Waals surface area contributed by atoms with Crippen molar-refractivity contribution in [1.29, 1.82) is 0 Å². The molecule has 1 rings (SSSR count). The van der Waals surface area contributed by atoms with Crippen LogP contribution in [0.2, 0.25) is 0 Å². The summed E-state index contributed by atoms with van der Waals surface area (Å²) in [6.07, 6.45) is 0. The van der Waals surface area contributed by atoms with Crippen LogP contribution in [0.4, 0.5) is 0 Å². The molecule has 0 saturated carbocycles. The molecule has 0 atom stereocenters. The molecular weight excluding hydrogens is 366 g/mol. The summed E-state index contributed by atoms with van der Waals surface area (Å²) < 4.78 is 44.0. The van der Waals surface area contributed by atoms with E-state index in [0.29, 0.717) is 0 Å². The first kappa shape index (κ1) is 22.0. The fraction of sp³-hybridized carbons (Fsp3) is 0.500. The van der Waals surface area contributed by atoms with Gasteiger partial charge in [-0.2, -0.15) is 18.2 Å². The molecule has 0 bridgehead atoms. The third kappa shape index (κ3) is 5.24. The number of esters is 2. The number of carbonyl (C=O) groups is 2. The smallest absolute Gasteiger partial charge is 0.342 e. The minimum atomic E-state index is -4.31. The van der Waals surface area contributed by atoms with E-state index in [-0.39, 0.29) is 18.1 Å². The van der Waals surface area contributed by atoms with Gasteiger partial charge in [0, 0.05) is 7.11 Å². The average Bonchev–Trinajstić information content (AvgIpc) is 2.59. The average molecular weight is 389 g/mol. The summed E-state index contributed by atoms with van der Waals surface area (Å²) in [5, 5.41) is 0. The Labute approximate surface area is 152 Å². The summed E-state index contributed by atoms with van der Waals surface area (Å²) in [6, 6.07) is 5.82. The predicted molar refractivity (Wildman–Crippen MR) is 90.5 cm³/mol. The fourth-order valence-electron chi connectivity index (χ4n) is 1.92. The van der Waals surface area contributed by atoms with Gasteiger partial charge in [-0.15, -0.1) is 0 Å². The molecule has 0 aliphatic heterocycles. The minimum absolute atomic E-state index is 0.0455. The van der Waals surface area contributed by atoms with Crippen LogP contribution in [0.3, 0.4) is 0 Å². The van der Waals surface area contributed by atoms with Crippen LogP contribution in [-0.4, -0.2) is 52.8 Å². The number of benzene rings is 1. The molecule has 0 aromatic heterocycles. The summed E-state index contributed by atoms with van der Waals surface area (Å²) in [4.78, 5) is 24.5. The molecule has 146 valence electrons. The van der Waals surface area contributed by atoms with E-state index in [0.717, 1.165) is 5.56 Å². The molecule has 0 spiro atoms. The SMILES string of the molecule is CCOC(=O)C(COC)(NOS(=O)(=O)c1ccc(C)cc1)C(=O)OCC. The Bertz CT molecular complexity index is 696. The van der Waals surface area contributed by atoms with Crippen molar-refractivity contribution in [3.63, 3.8) is 0 Å². The van der Waals surface area contributed by atoms with Crippen LogP contribution >= 0.6 is 0 Å². The molecule has 0 amide bonds. The van der Waals surface area contributed by atoms with Crippen LogP contribution < -0.4 is 5.48 Å². The Balaban J connectivity index is 3.16. The van der Waals surface area contributed by atoms with Crippen molar-refractivity contribution in [2.75, 3.05) is 26.9 Å². The topological polar surface area (TPSA) is 117 Å². The normalized spacial score (nSPS) is 11.8. The molecule has 0 unspecified atom stereocenters. The molecule has 26 heavy (non-hydrogen) atoms. The Kier molecular flexibility index (Phi) is 8.15. The van der Waals surface area contributed by atoms with Crippen LogP contribution in [0.5, 0.6) is 0 Å². The van der Waals surface area contributed by atoms with Crippen molar-refractivity contribution in [2.24, 2.45) is 0 Å². The third-order valence-corrected chi connectivity index (χ3v) is 4.40. The van der Waals surface area contributed by atoms with Gasteiger partial charge in [0.05, 0.1) is 24.7 Å². The maximum atomic E-state index is 12.3. The molecule has 1 aromatic carbocycles. The van der Waals surface area contributed by atoms with Crippen molar-refractivity contribution in [1.82, 2.24) is 5.48 Å². The lowest BCUT2D eigenvalue weighted by atomic mass is 10.0. The highest BCUT2D eigenvalue weighted by atomic mass is 32.2. The van der Waals surface area contributed by atoms with Gasteiger partial charge in [-0.3, -0.25) is 0 Å². The molecule has 0 fully saturated rings. The van der Waals surface area contributed by atoms with Crippen molar-refractivity contribution in [3.8, 4) is 0 Å². The van der Waals surface area contributed by atoms with E-state index in [1.807, 2.05) is 5.48 Å². The van der Waals surface area contributed by atoms with Crippen LogP contribution in [0.1, 0.15) is 19.4 Å². The lowest BCUT2D eigenvalue weighted by Gasteiger charge is -2.28. The van der Waals surface area contributed by atoms with E-state index in [2.05, 4.69) is 0 Å². The standard InChI is InChI=1S/C16H23NO8S/c1-5-23-14(18)16(11-22-4,15(19)24-6-2)17-25-26(20,21)13-9-7-12(3)8-10-13/h7-10,17H,5-6,11H2,1-4H3. The van der Waals surface area contributed by atoms with E-state index in [1.165, 1.54) is 33.1 Å². The number of ether oxygens (including phenoxy) is 3. The first-order chi connectivity index (χ1) is 12.2. The van der Waals surface area contributed by atoms with E-state index in [9.17, 15) is 18.0 Å². The monoisotopic (exact) mass is 389 g/mol. The molecular formula is C16H23NO8S. The summed E-state index contributed by atoms with van der Waals surface area (Å²) in [5.41, 5.74) is 0.552. The van der Waals surface area contributed by atoms with Crippen molar-refractivity contribution >= 4 is 22.1 Å². The molecule has 0 saturated heterocycles. The number of hydrogen-bond acceptors (Lipinski definition) is 9. The second-order valence-electron chi connectivity index (χ2n) is 5.23. The van der Waals surface area contributed by atoms with Gasteiger partial charge in [0.25, 0.3) is 5.54 Å². The van der Waals surface area contributed by atoms with Gasteiger partial charge in [-0.05, 0) is 32.9 Å². The highest BCUT2D eigenvalue weighted by Crippen LogP contribution is 2.17. The number of aryl methyl sites for hydroxylation is 1.